The zero-order valence-electron chi connectivity index (χ0n) is 18.2. The lowest BCUT2D eigenvalue weighted by atomic mass is 9.92. The molecular formula is C32H18BrN. The lowest BCUT2D eigenvalue weighted by Gasteiger charge is -2.14. The van der Waals surface area contributed by atoms with Crippen molar-refractivity contribution in [2.75, 3.05) is 0 Å². The van der Waals surface area contributed by atoms with Crippen LogP contribution in [0.25, 0.3) is 70.6 Å². The van der Waals surface area contributed by atoms with Gasteiger partial charge in [0.15, 0.2) is 0 Å². The van der Waals surface area contributed by atoms with Crippen molar-refractivity contribution in [3.63, 3.8) is 0 Å². The van der Waals surface area contributed by atoms with Crippen molar-refractivity contribution in [3.05, 3.63) is 114 Å². The van der Waals surface area contributed by atoms with Gasteiger partial charge in [-0.2, -0.15) is 0 Å². The number of nitrogens with zero attached hydrogens (tertiary/aromatic N) is 1. The highest BCUT2D eigenvalue weighted by Crippen LogP contribution is 2.44. The van der Waals surface area contributed by atoms with Crippen molar-refractivity contribution in [2.45, 2.75) is 0 Å². The average molecular weight is 496 g/mol. The minimum atomic E-state index is 1.09. The van der Waals surface area contributed by atoms with Crippen LogP contribution in [-0.4, -0.2) is 4.57 Å². The molecule has 1 aromatic heterocycles. The summed E-state index contributed by atoms with van der Waals surface area (Å²) in [5, 5.41) is 13.1. The molecule has 0 atom stereocenters. The number of halogens is 1. The van der Waals surface area contributed by atoms with E-state index in [0.29, 0.717) is 0 Å². The molecule has 7 aromatic carbocycles. The Kier molecular flexibility index (Phi) is 3.59. The predicted molar refractivity (Wildman–Crippen MR) is 150 cm³/mol. The molecule has 1 nitrogen and oxygen atoms in total. The van der Waals surface area contributed by atoms with Crippen molar-refractivity contribution >= 4 is 80.8 Å². The van der Waals surface area contributed by atoms with Crippen molar-refractivity contribution in [1.29, 1.82) is 0 Å². The van der Waals surface area contributed by atoms with E-state index in [2.05, 4.69) is 130 Å². The highest BCUT2D eigenvalue weighted by molar-refractivity contribution is 9.10. The van der Waals surface area contributed by atoms with Gasteiger partial charge >= 0.3 is 0 Å². The number of hydrogen-bond acceptors (Lipinski definition) is 0. The van der Waals surface area contributed by atoms with Crippen molar-refractivity contribution < 1.29 is 0 Å². The van der Waals surface area contributed by atoms with Gasteiger partial charge in [0.2, 0.25) is 0 Å². The third-order valence-electron chi connectivity index (χ3n) is 7.35. The molecule has 0 bridgehead atoms. The number of benzene rings is 7. The molecule has 0 saturated carbocycles. The van der Waals surface area contributed by atoms with E-state index in [1.807, 2.05) is 0 Å². The van der Waals surface area contributed by atoms with Crippen LogP contribution in [-0.2, 0) is 0 Å². The molecule has 158 valence electrons. The topological polar surface area (TPSA) is 4.93 Å². The van der Waals surface area contributed by atoms with Gasteiger partial charge in [-0.15, -0.1) is 0 Å². The first-order valence-electron chi connectivity index (χ1n) is 11.6. The van der Waals surface area contributed by atoms with Crippen LogP contribution >= 0.6 is 15.9 Å². The summed E-state index contributed by atoms with van der Waals surface area (Å²) in [5.74, 6) is 0. The monoisotopic (exact) mass is 495 g/mol. The zero-order valence-corrected chi connectivity index (χ0v) is 19.8. The minimum absolute atomic E-state index is 1.09. The van der Waals surface area contributed by atoms with Gasteiger partial charge in [0, 0.05) is 20.6 Å². The molecule has 0 aliphatic carbocycles. The van der Waals surface area contributed by atoms with E-state index in [0.717, 1.165) is 4.47 Å². The van der Waals surface area contributed by atoms with Crippen molar-refractivity contribution in [3.8, 4) is 5.69 Å². The fraction of sp³-hybridized carbons (Fsp3) is 0. The lowest BCUT2D eigenvalue weighted by molar-refractivity contribution is 1.20. The molecule has 8 rings (SSSR count). The first-order chi connectivity index (χ1) is 16.8. The van der Waals surface area contributed by atoms with Crippen molar-refractivity contribution in [1.82, 2.24) is 4.57 Å². The van der Waals surface area contributed by atoms with E-state index in [9.17, 15) is 0 Å². The Balaban J connectivity index is 1.67. The Bertz CT molecular complexity index is 2060. The first-order valence-corrected chi connectivity index (χ1v) is 12.4. The molecule has 0 spiro atoms. The second-order valence-corrected chi connectivity index (χ2v) is 10.0. The molecule has 0 amide bonds. The van der Waals surface area contributed by atoms with E-state index in [1.54, 1.807) is 0 Å². The summed E-state index contributed by atoms with van der Waals surface area (Å²) in [7, 11) is 0. The third kappa shape index (κ3) is 2.33. The molecule has 0 saturated heterocycles. The summed E-state index contributed by atoms with van der Waals surface area (Å²) in [6, 6.07) is 40.1. The molecule has 0 fully saturated rings. The number of rotatable bonds is 1. The summed E-state index contributed by atoms with van der Waals surface area (Å²) >= 11 is 3.74. The SMILES string of the molecule is Brc1ccc2c3c4ccc5cccc6ccc(cc3n(-c3cccc7ccccc37)c2c1)c4c65. The Morgan fingerprint density at radius 3 is 2.06 bits per heavy atom. The zero-order chi connectivity index (χ0) is 22.4. The van der Waals surface area contributed by atoms with Crippen LogP contribution in [0.5, 0.6) is 0 Å². The van der Waals surface area contributed by atoms with Gasteiger partial charge in [-0.1, -0.05) is 101 Å². The van der Waals surface area contributed by atoms with Crippen LogP contribution in [0.4, 0.5) is 0 Å². The number of hydrogen-bond donors (Lipinski definition) is 0. The largest absolute Gasteiger partial charge is 0.309 e. The molecule has 34 heavy (non-hydrogen) atoms. The second kappa shape index (κ2) is 6.59. The van der Waals surface area contributed by atoms with E-state index in [1.165, 1.54) is 70.6 Å². The van der Waals surface area contributed by atoms with Gasteiger partial charge in [0.1, 0.15) is 0 Å². The highest BCUT2D eigenvalue weighted by atomic mass is 79.9. The van der Waals surface area contributed by atoms with Gasteiger partial charge in [-0.3, -0.25) is 0 Å². The molecular weight excluding hydrogens is 478 g/mol. The van der Waals surface area contributed by atoms with E-state index < -0.39 is 0 Å². The van der Waals surface area contributed by atoms with Gasteiger partial charge < -0.3 is 4.57 Å². The average Bonchev–Trinajstić information content (AvgIpc) is 3.19. The van der Waals surface area contributed by atoms with E-state index in [-0.39, 0.29) is 0 Å². The summed E-state index contributed by atoms with van der Waals surface area (Å²) < 4.78 is 3.54. The predicted octanol–water partition coefficient (Wildman–Crippen LogP) is 9.60. The molecule has 2 heteroatoms. The Hall–Kier alpha value is -3.88. The maximum absolute atomic E-state index is 3.74. The summed E-state index contributed by atoms with van der Waals surface area (Å²) in [5.41, 5.74) is 3.68. The van der Waals surface area contributed by atoms with Crippen LogP contribution in [0.15, 0.2) is 114 Å². The molecule has 0 radical (unpaired) electrons. The van der Waals surface area contributed by atoms with Crippen LogP contribution in [0.3, 0.4) is 0 Å². The maximum Gasteiger partial charge on any atom is 0.0553 e. The van der Waals surface area contributed by atoms with Crippen molar-refractivity contribution in [2.24, 2.45) is 0 Å². The third-order valence-corrected chi connectivity index (χ3v) is 7.84. The molecule has 8 aromatic rings. The van der Waals surface area contributed by atoms with Gasteiger partial charge in [-0.25, -0.2) is 0 Å². The highest BCUT2D eigenvalue weighted by Gasteiger charge is 2.19. The molecule has 0 unspecified atom stereocenters. The van der Waals surface area contributed by atoms with Gasteiger partial charge in [0.25, 0.3) is 0 Å². The minimum Gasteiger partial charge on any atom is -0.309 e. The van der Waals surface area contributed by atoms with Gasteiger partial charge in [-0.05, 0) is 62.0 Å². The quantitative estimate of drug-likeness (QED) is 0.199. The van der Waals surface area contributed by atoms with Crippen LogP contribution < -0.4 is 0 Å². The molecule has 1 heterocycles. The Morgan fingerprint density at radius 1 is 0.441 bits per heavy atom. The summed E-state index contributed by atoms with van der Waals surface area (Å²) in [4.78, 5) is 0. The molecule has 0 N–H and O–H groups in total. The summed E-state index contributed by atoms with van der Waals surface area (Å²) in [6.45, 7) is 0. The van der Waals surface area contributed by atoms with Crippen LogP contribution in [0.2, 0.25) is 0 Å². The van der Waals surface area contributed by atoms with Crippen LogP contribution in [0, 0.1) is 0 Å². The van der Waals surface area contributed by atoms with E-state index in [4.69, 9.17) is 0 Å². The normalized spacial score (nSPS) is 12.3. The van der Waals surface area contributed by atoms with Crippen LogP contribution in [0.1, 0.15) is 0 Å². The second-order valence-electron chi connectivity index (χ2n) is 9.12. The number of aromatic nitrogens is 1. The molecule has 0 aliphatic heterocycles. The molecule has 0 aliphatic rings. The smallest absolute Gasteiger partial charge is 0.0553 e. The summed E-state index contributed by atoms with van der Waals surface area (Å²) in [6.07, 6.45) is 0. The fourth-order valence-electron chi connectivity index (χ4n) is 5.95. The fourth-order valence-corrected chi connectivity index (χ4v) is 6.30. The van der Waals surface area contributed by atoms with E-state index >= 15 is 0 Å². The Morgan fingerprint density at radius 2 is 1.15 bits per heavy atom. The lowest BCUT2D eigenvalue weighted by Crippen LogP contribution is -1.95. The Labute approximate surface area is 204 Å². The standard InChI is InChI=1S/C32H18BrN/c33-23-14-16-25-28(18-23)34(27-10-4-6-19-5-1-2-9-24(19)27)29-17-22-12-11-20-7-3-8-21-13-15-26(32(25)29)31(22)30(20)21/h1-18H. The van der Waals surface area contributed by atoms with Gasteiger partial charge in [0.05, 0.1) is 16.7 Å². The first kappa shape index (κ1) is 18.5. The maximum atomic E-state index is 3.74. The number of fused-ring (bicyclic) bond motifs is 5.